The molecular weight excluding hydrogens is 295 g/mol. The second-order valence-electron chi connectivity index (χ2n) is 5.16. The monoisotopic (exact) mass is 316 g/mol. The van der Waals surface area contributed by atoms with Crippen molar-refractivity contribution < 1.29 is 4.74 Å². The Labute approximate surface area is 131 Å². The molecule has 0 saturated carbocycles. The van der Waals surface area contributed by atoms with Gasteiger partial charge in [0, 0.05) is 25.7 Å². The molecule has 1 N–H and O–H groups in total. The molecule has 2 rings (SSSR count). The fraction of sp³-hybridized carbons (Fsp3) is 0.600. The van der Waals surface area contributed by atoms with Gasteiger partial charge in [0.05, 0.1) is 22.8 Å². The standard InChI is InChI=1S/C15H22Cl2N2O/c1-3-19-7-8-20-12(10-19)9-18-11(2)13-5-4-6-14(16)15(13)17/h4-6,11-12,18H,3,7-10H2,1-2H3. The van der Waals surface area contributed by atoms with Crippen molar-refractivity contribution in [2.45, 2.75) is 26.0 Å². The van der Waals surface area contributed by atoms with E-state index in [4.69, 9.17) is 27.9 Å². The van der Waals surface area contributed by atoms with Crippen LogP contribution >= 0.6 is 23.2 Å². The maximum Gasteiger partial charge on any atom is 0.0826 e. The Kier molecular flexibility index (Phi) is 6.12. The first-order chi connectivity index (χ1) is 9.61. The van der Waals surface area contributed by atoms with E-state index in [0.717, 1.165) is 38.3 Å². The quantitative estimate of drug-likeness (QED) is 0.901. The van der Waals surface area contributed by atoms with Crippen LogP contribution in [0.5, 0.6) is 0 Å². The fourth-order valence-corrected chi connectivity index (χ4v) is 2.94. The van der Waals surface area contributed by atoms with Crippen LogP contribution in [0.2, 0.25) is 10.0 Å². The molecule has 1 aliphatic heterocycles. The van der Waals surface area contributed by atoms with Gasteiger partial charge in [-0.1, -0.05) is 42.3 Å². The topological polar surface area (TPSA) is 24.5 Å². The molecule has 0 aromatic heterocycles. The van der Waals surface area contributed by atoms with Crippen molar-refractivity contribution in [3.8, 4) is 0 Å². The summed E-state index contributed by atoms with van der Waals surface area (Å²) in [5, 5.41) is 4.72. The van der Waals surface area contributed by atoms with Gasteiger partial charge in [0.15, 0.2) is 0 Å². The van der Waals surface area contributed by atoms with E-state index < -0.39 is 0 Å². The van der Waals surface area contributed by atoms with E-state index >= 15 is 0 Å². The molecule has 5 heteroatoms. The Morgan fingerprint density at radius 1 is 1.45 bits per heavy atom. The molecule has 3 nitrogen and oxygen atoms in total. The third-order valence-electron chi connectivity index (χ3n) is 3.77. The van der Waals surface area contributed by atoms with Gasteiger partial charge in [-0.05, 0) is 25.1 Å². The van der Waals surface area contributed by atoms with Crippen LogP contribution in [-0.2, 0) is 4.74 Å². The van der Waals surface area contributed by atoms with Gasteiger partial charge in [-0.3, -0.25) is 4.90 Å². The lowest BCUT2D eigenvalue weighted by Crippen LogP contribution is -2.46. The first-order valence-corrected chi connectivity index (χ1v) is 7.88. The normalized spacial score (nSPS) is 21.9. The van der Waals surface area contributed by atoms with Crippen LogP contribution in [0.1, 0.15) is 25.5 Å². The van der Waals surface area contributed by atoms with Gasteiger partial charge < -0.3 is 10.1 Å². The molecular formula is C15H22Cl2N2O. The van der Waals surface area contributed by atoms with Crippen molar-refractivity contribution >= 4 is 23.2 Å². The smallest absolute Gasteiger partial charge is 0.0826 e. The molecule has 1 heterocycles. The lowest BCUT2D eigenvalue weighted by Gasteiger charge is -2.33. The molecule has 20 heavy (non-hydrogen) atoms. The number of benzene rings is 1. The van der Waals surface area contributed by atoms with Gasteiger partial charge in [-0.2, -0.15) is 0 Å². The summed E-state index contributed by atoms with van der Waals surface area (Å²) in [5.74, 6) is 0. The number of nitrogens with zero attached hydrogens (tertiary/aromatic N) is 1. The Balaban J connectivity index is 1.88. The zero-order chi connectivity index (χ0) is 14.5. The largest absolute Gasteiger partial charge is 0.374 e. The average molecular weight is 317 g/mol. The molecule has 2 atom stereocenters. The van der Waals surface area contributed by atoms with Crippen molar-refractivity contribution in [1.82, 2.24) is 10.2 Å². The number of likely N-dealkylation sites (N-methyl/N-ethyl adjacent to an activating group) is 1. The van der Waals surface area contributed by atoms with Gasteiger partial charge >= 0.3 is 0 Å². The van der Waals surface area contributed by atoms with Crippen molar-refractivity contribution in [3.63, 3.8) is 0 Å². The Bertz CT molecular complexity index is 442. The van der Waals surface area contributed by atoms with Crippen molar-refractivity contribution in [2.24, 2.45) is 0 Å². The number of nitrogens with one attached hydrogen (secondary N) is 1. The number of ether oxygens (including phenoxy) is 1. The molecule has 1 aliphatic rings. The molecule has 0 aliphatic carbocycles. The highest BCUT2D eigenvalue weighted by Gasteiger charge is 2.20. The number of hydrogen-bond acceptors (Lipinski definition) is 3. The van der Waals surface area contributed by atoms with Crippen LogP contribution < -0.4 is 5.32 Å². The molecule has 112 valence electrons. The van der Waals surface area contributed by atoms with E-state index in [9.17, 15) is 0 Å². The molecule has 0 radical (unpaired) electrons. The first-order valence-electron chi connectivity index (χ1n) is 7.13. The summed E-state index contributed by atoms with van der Waals surface area (Å²) in [6, 6.07) is 5.90. The minimum Gasteiger partial charge on any atom is -0.374 e. The molecule has 1 saturated heterocycles. The summed E-state index contributed by atoms with van der Waals surface area (Å²) in [6.45, 7) is 9.01. The molecule has 2 unspecified atom stereocenters. The number of hydrogen-bond donors (Lipinski definition) is 1. The Hall–Kier alpha value is -0.320. The number of morpholine rings is 1. The summed E-state index contributed by atoms with van der Waals surface area (Å²) < 4.78 is 5.79. The van der Waals surface area contributed by atoms with Crippen LogP contribution in [-0.4, -0.2) is 43.8 Å². The highest BCUT2D eigenvalue weighted by Crippen LogP contribution is 2.29. The summed E-state index contributed by atoms with van der Waals surface area (Å²) in [7, 11) is 0. The van der Waals surface area contributed by atoms with E-state index in [-0.39, 0.29) is 12.1 Å². The molecule has 0 amide bonds. The maximum absolute atomic E-state index is 6.24. The first kappa shape index (κ1) is 16.1. The molecule has 1 aromatic rings. The van der Waals surface area contributed by atoms with Gasteiger partial charge in [0.25, 0.3) is 0 Å². The molecule has 0 bridgehead atoms. The second-order valence-corrected chi connectivity index (χ2v) is 5.94. The summed E-state index contributed by atoms with van der Waals surface area (Å²) in [4.78, 5) is 2.41. The Morgan fingerprint density at radius 3 is 3.00 bits per heavy atom. The van der Waals surface area contributed by atoms with Gasteiger partial charge in [0.2, 0.25) is 0 Å². The van der Waals surface area contributed by atoms with Gasteiger partial charge in [-0.15, -0.1) is 0 Å². The predicted molar refractivity (Wildman–Crippen MR) is 84.7 cm³/mol. The highest BCUT2D eigenvalue weighted by molar-refractivity contribution is 6.42. The minimum absolute atomic E-state index is 0.154. The van der Waals surface area contributed by atoms with Crippen LogP contribution in [0.25, 0.3) is 0 Å². The highest BCUT2D eigenvalue weighted by atomic mass is 35.5. The fourth-order valence-electron chi connectivity index (χ4n) is 2.46. The summed E-state index contributed by atoms with van der Waals surface area (Å²) >= 11 is 12.3. The average Bonchev–Trinajstić information content (AvgIpc) is 2.48. The SMILES string of the molecule is CCN1CCOC(CNC(C)c2cccc(Cl)c2Cl)C1. The van der Waals surface area contributed by atoms with Crippen molar-refractivity contribution in [2.75, 3.05) is 32.8 Å². The van der Waals surface area contributed by atoms with Crippen LogP contribution in [0, 0.1) is 0 Å². The van der Waals surface area contributed by atoms with E-state index in [0.29, 0.717) is 10.0 Å². The third kappa shape index (κ3) is 4.09. The molecule has 1 aromatic carbocycles. The number of rotatable bonds is 5. The van der Waals surface area contributed by atoms with Crippen molar-refractivity contribution in [3.05, 3.63) is 33.8 Å². The van der Waals surface area contributed by atoms with Gasteiger partial charge in [-0.25, -0.2) is 0 Å². The Morgan fingerprint density at radius 2 is 2.25 bits per heavy atom. The van der Waals surface area contributed by atoms with Crippen LogP contribution in [0.4, 0.5) is 0 Å². The zero-order valence-corrected chi connectivity index (χ0v) is 13.5. The zero-order valence-electron chi connectivity index (χ0n) is 12.0. The summed E-state index contributed by atoms with van der Waals surface area (Å²) in [6.07, 6.45) is 0.240. The van der Waals surface area contributed by atoms with E-state index in [2.05, 4.69) is 24.1 Å². The third-order valence-corrected chi connectivity index (χ3v) is 4.60. The maximum atomic E-state index is 6.24. The number of halogens is 2. The summed E-state index contributed by atoms with van der Waals surface area (Å²) in [5.41, 5.74) is 1.03. The predicted octanol–water partition coefficient (Wildman–Crippen LogP) is 3.36. The van der Waals surface area contributed by atoms with E-state index in [1.165, 1.54) is 0 Å². The molecule has 1 fully saturated rings. The van der Waals surface area contributed by atoms with Gasteiger partial charge in [0.1, 0.15) is 0 Å². The molecule has 0 spiro atoms. The van der Waals surface area contributed by atoms with E-state index in [1.54, 1.807) is 0 Å². The van der Waals surface area contributed by atoms with Crippen LogP contribution in [0.15, 0.2) is 18.2 Å². The second kappa shape index (κ2) is 7.62. The minimum atomic E-state index is 0.154. The van der Waals surface area contributed by atoms with E-state index in [1.807, 2.05) is 18.2 Å². The van der Waals surface area contributed by atoms with Crippen molar-refractivity contribution in [1.29, 1.82) is 0 Å². The lowest BCUT2D eigenvalue weighted by atomic mass is 10.1. The van der Waals surface area contributed by atoms with Crippen LogP contribution in [0.3, 0.4) is 0 Å². The lowest BCUT2D eigenvalue weighted by molar-refractivity contribution is -0.0261.